The Balaban J connectivity index is 1.58. The Kier molecular flexibility index (Phi) is 5.60. The van der Waals surface area contributed by atoms with E-state index in [1.54, 1.807) is 36.4 Å². The number of rotatable bonds is 4. The Morgan fingerprint density at radius 1 is 1.14 bits per heavy atom. The van der Waals surface area contributed by atoms with Gasteiger partial charge in [-0.15, -0.1) is 0 Å². The van der Waals surface area contributed by atoms with E-state index in [0.717, 1.165) is 25.7 Å². The van der Waals surface area contributed by atoms with Crippen molar-refractivity contribution in [1.82, 2.24) is 5.32 Å². The number of ether oxygens (including phenoxy) is 1. The molecule has 29 heavy (non-hydrogen) atoms. The van der Waals surface area contributed by atoms with E-state index in [1.165, 1.54) is 29.5 Å². The summed E-state index contributed by atoms with van der Waals surface area (Å²) in [6, 6.07) is 13.2. The fraction of sp³-hybridized carbons (Fsp3) is 0.304. The molecule has 6 heteroatoms. The zero-order chi connectivity index (χ0) is 20.2. The van der Waals surface area contributed by atoms with Crippen molar-refractivity contribution in [3.63, 3.8) is 0 Å². The van der Waals surface area contributed by atoms with Crippen molar-refractivity contribution < 1.29 is 18.7 Å². The van der Waals surface area contributed by atoms with Crippen LogP contribution in [0.25, 0.3) is 6.08 Å². The molecule has 2 aromatic carbocycles. The molecule has 1 aliphatic carbocycles. The average molecular weight is 394 g/mol. The molecular weight excluding hydrogens is 371 g/mol. The summed E-state index contributed by atoms with van der Waals surface area (Å²) in [7, 11) is 0. The molecule has 4 rings (SSSR count). The van der Waals surface area contributed by atoms with Crippen LogP contribution in [0.15, 0.2) is 54.3 Å². The second kappa shape index (κ2) is 8.47. The molecule has 1 saturated carbocycles. The minimum atomic E-state index is -0.424. The molecule has 2 amide bonds. The highest BCUT2D eigenvalue weighted by Crippen LogP contribution is 2.35. The smallest absolute Gasteiger partial charge is 0.294 e. The second-order valence-electron chi connectivity index (χ2n) is 7.43. The number of carbonyl (C=O) groups excluding carboxylic acids is 2. The maximum Gasteiger partial charge on any atom is 0.294 e. The molecule has 1 aliphatic heterocycles. The summed E-state index contributed by atoms with van der Waals surface area (Å²) >= 11 is 0. The third-order valence-corrected chi connectivity index (χ3v) is 5.25. The van der Waals surface area contributed by atoms with Crippen LogP contribution in [-0.4, -0.2) is 24.4 Å². The molecule has 2 aromatic rings. The van der Waals surface area contributed by atoms with Crippen molar-refractivity contribution in [1.29, 1.82) is 0 Å². The molecule has 2 aliphatic rings. The lowest BCUT2D eigenvalue weighted by Gasteiger charge is -2.31. The summed E-state index contributed by atoms with van der Waals surface area (Å²) in [5, 5.41) is 3.05. The van der Waals surface area contributed by atoms with Crippen LogP contribution in [0.5, 0.6) is 5.75 Å². The number of amides is 2. The van der Waals surface area contributed by atoms with Gasteiger partial charge in [0.25, 0.3) is 5.91 Å². The van der Waals surface area contributed by atoms with Gasteiger partial charge in [-0.2, -0.15) is 0 Å². The van der Waals surface area contributed by atoms with E-state index in [1.807, 2.05) is 0 Å². The van der Waals surface area contributed by atoms with Gasteiger partial charge in [0.05, 0.1) is 5.69 Å². The summed E-state index contributed by atoms with van der Waals surface area (Å²) in [6.07, 6.45) is 6.88. The van der Waals surface area contributed by atoms with Gasteiger partial charge in [0, 0.05) is 6.04 Å². The Labute approximate surface area is 169 Å². The van der Waals surface area contributed by atoms with Crippen LogP contribution in [0.3, 0.4) is 0 Å². The van der Waals surface area contributed by atoms with Crippen LogP contribution in [-0.2, 0) is 9.59 Å². The molecule has 0 bridgehead atoms. The third-order valence-electron chi connectivity index (χ3n) is 5.25. The highest BCUT2D eigenvalue weighted by atomic mass is 19.1. The highest BCUT2D eigenvalue weighted by molar-refractivity contribution is 6.12. The van der Waals surface area contributed by atoms with E-state index in [9.17, 15) is 14.0 Å². The van der Waals surface area contributed by atoms with Crippen molar-refractivity contribution in [3.05, 3.63) is 65.7 Å². The summed E-state index contributed by atoms with van der Waals surface area (Å²) in [5.41, 5.74) is 1.06. The first-order valence-electron chi connectivity index (χ1n) is 9.95. The molecular formula is C23H23FN2O3. The van der Waals surface area contributed by atoms with Gasteiger partial charge < -0.3 is 10.1 Å². The fourth-order valence-electron chi connectivity index (χ4n) is 3.83. The summed E-state index contributed by atoms with van der Waals surface area (Å²) in [6.45, 7) is -0.0871. The minimum absolute atomic E-state index is 0.0553. The molecule has 1 N–H and O–H groups in total. The third kappa shape index (κ3) is 4.47. The molecule has 150 valence electrons. The number of fused-ring (bicyclic) bond motifs is 1. The van der Waals surface area contributed by atoms with E-state index in [4.69, 9.17) is 4.74 Å². The van der Waals surface area contributed by atoms with Crippen LogP contribution in [0.1, 0.15) is 37.7 Å². The van der Waals surface area contributed by atoms with Crippen molar-refractivity contribution in [3.8, 4) is 5.75 Å². The normalized spacial score (nSPS) is 18.3. The van der Waals surface area contributed by atoms with Gasteiger partial charge in [-0.05, 0) is 48.7 Å². The maximum atomic E-state index is 13.5. The zero-order valence-electron chi connectivity index (χ0n) is 16.1. The summed E-state index contributed by atoms with van der Waals surface area (Å²) in [4.78, 5) is 27.1. The van der Waals surface area contributed by atoms with Crippen LogP contribution < -0.4 is 15.0 Å². The topological polar surface area (TPSA) is 58.6 Å². The number of nitrogens with zero attached hydrogens (tertiary/aromatic N) is 1. The Morgan fingerprint density at radius 2 is 1.93 bits per heavy atom. The van der Waals surface area contributed by atoms with Gasteiger partial charge >= 0.3 is 0 Å². The first kappa shape index (κ1) is 19.2. The number of para-hydroxylation sites is 2. The van der Waals surface area contributed by atoms with Crippen LogP contribution in [0.4, 0.5) is 10.1 Å². The molecule has 5 nitrogen and oxygen atoms in total. The van der Waals surface area contributed by atoms with E-state index >= 15 is 0 Å². The quantitative estimate of drug-likeness (QED) is 0.797. The molecule has 0 spiro atoms. The number of carbonyl (C=O) groups is 2. The number of hydrogen-bond donors (Lipinski definition) is 1. The van der Waals surface area contributed by atoms with Gasteiger partial charge in [0.15, 0.2) is 11.5 Å². The Bertz CT molecular complexity index is 951. The van der Waals surface area contributed by atoms with E-state index in [-0.39, 0.29) is 24.3 Å². The number of benzene rings is 2. The van der Waals surface area contributed by atoms with Gasteiger partial charge in [-0.1, -0.05) is 43.5 Å². The molecule has 0 atom stereocenters. The predicted molar refractivity (Wildman–Crippen MR) is 109 cm³/mol. The Hall–Kier alpha value is -3.15. The lowest BCUT2D eigenvalue weighted by atomic mass is 9.95. The van der Waals surface area contributed by atoms with Gasteiger partial charge in [0.1, 0.15) is 12.4 Å². The number of anilines is 1. The fourth-order valence-corrected chi connectivity index (χ4v) is 3.83. The van der Waals surface area contributed by atoms with Gasteiger partial charge in [-0.3, -0.25) is 14.5 Å². The first-order chi connectivity index (χ1) is 14.1. The van der Waals surface area contributed by atoms with Crippen LogP contribution in [0.2, 0.25) is 0 Å². The SMILES string of the molecule is O=C(CN1C(=O)/C(=C\c2cccc(F)c2)Oc2ccccc21)NC1CCCCC1. The van der Waals surface area contributed by atoms with Crippen molar-refractivity contribution >= 4 is 23.6 Å². The van der Waals surface area contributed by atoms with Crippen molar-refractivity contribution in [2.24, 2.45) is 0 Å². The van der Waals surface area contributed by atoms with Gasteiger partial charge in [-0.25, -0.2) is 4.39 Å². The molecule has 1 fully saturated rings. The molecule has 0 saturated heterocycles. The van der Waals surface area contributed by atoms with Crippen molar-refractivity contribution in [2.45, 2.75) is 38.1 Å². The van der Waals surface area contributed by atoms with Crippen LogP contribution >= 0.6 is 0 Å². The molecule has 0 aromatic heterocycles. The summed E-state index contributed by atoms with van der Waals surface area (Å²) < 4.78 is 19.3. The number of hydrogen-bond acceptors (Lipinski definition) is 3. The van der Waals surface area contributed by atoms with Gasteiger partial charge in [0.2, 0.25) is 5.91 Å². The lowest BCUT2D eigenvalue weighted by Crippen LogP contribution is -2.47. The van der Waals surface area contributed by atoms with E-state index < -0.39 is 11.7 Å². The maximum absolute atomic E-state index is 13.5. The van der Waals surface area contributed by atoms with E-state index in [0.29, 0.717) is 17.0 Å². The highest BCUT2D eigenvalue weighted by Gasteiger charge is 2.32. The second-order valence-corrected chi connectivity index (χ2v) is 7.43. The standard InChI is InChI=1S/C23H23FN2O3/c24-17-8-6-7-16(13-17)14-21-23(28)26(19-11-4-5-12-20(19)29-21)15-22(27)25-18-9-2-1-3-10-18/h4-8,11-14,18H,1-3,9-10,15H2,(H,25,27)/b21-14+. The average Bonchev–Trinajstić information content (AvgIpc) is 2.72. The minimum Gasteiger partial charge on any atom is -0.449 e. The molecule has 0 unspecified atom stereocenters. The predicted octanol–water partition coefficient (Wildman–Crippen LogP) is 4.04. The largest absolute Gasteiger partial charge is 0.449 e. The van der Waals surface area contributed by atoms with Crippen LogP contribution in [0, 0.1) is 5.82 Å². The Morgan fingerprint density at radius 3 is 2.72 bits per heavy atom. The van der Waals surface area contributed by atoms with E-state index in [2.05, 4.69) is 5.32 Å². The lowest BCUT2D eigenvalue weighted by molar-refractivity contribution is -0.124. The first-order valence-corrected chi connectivity index (χ1v) is 9.95. The van der Waals surface area contributed by atoms with Crippen molar-refractivity contribution in [2.75, 3.05) is 11.4 Å². The summed E-state index contributed by atoms with van der Waals surface area (Å²) in [5.74, 6) is -0.467. The molecule has 0 radical (unpaired) electrons. The molecule has 1 heterocycles. The number of halogens is 1. The zero-order valence-corrected chi connectivity index (χ0v) is 16.1. The monoisotopic (exact) mass is 394 g/mol. The number of nitrogens with one attached hydrogen (secondary N) is 1.